The molecule has 0 rings (SSSR count). The van der Waals surface area contributed by atoms with Gasteiger partial charge in [-0.15, -0.1) is 0 Å². The van der Waals surface area contributed by atoms with E-state index in [4.69, 9.17) is 13.3 Å². The molecule has 0 spiro atoms. The molecule has 9 nitrogen and oxygen atoms in total. The van der Waals surface area contributed by atoms with E-state index in [9.17, 15) is 19.2 Å². The van der Waals surface area contributed by atoms with Crippen molar-refractivity contribution in [2.45, 2.75) is 46.2 Å². The molecule has 0 radical (unpaired) electrons. The average molecular weight is 374 g/mol. The monoisotopic (exact) mass is 374 g/mol. The molecule has 0 heterocycles. The van der Waals surface area contributed by atoms with Gasteiger partial charge in [0.15, 0.2) is 0 Å². The minimum Gasteiger partial charge on any atom is -0.455 e. The lowest BCUT2D eigenvalue weighted by molar-refractivity contribution is -0.147. The van der Waals surface area contributed by atoms with E-state index in [1.54, 1.807) is 0 Å². The summed E-state index contributed by atoms with van der Waals surface area (Å²) in [6, 6.07) is -0.00510. The fourth-order valence-corrected chi connectivity index (χ4v) is 4.33. The maximum absolute atomic E-state index is 11.3. The van der Waals surface area contributed by atoms with Crippen molar-refractivity contribution in [3.8, 4) is 0 Å². The first-order chi connectivity index (χ1) is 11.6. The van der Waals surface area contributed by atoms with Crippen molar-refractivity contribution in [3.05, 3.63) is 12.7 Å². The van der Waals surface area contributed by atoms with Gasteiger partial charge in [0.25, 0.3) is 17.9 Å². The highest BCUT2D eigenvalue weighted by Crippen LogP contribution is 2.19. The molecule has 0 aromatic carbocycles. The molecule has 0 saturated heterocycles. The lowest BCUT2D eigenvalue weighted by Gasteiger charge is -2.26. The first-order valence-corrected chi connectivity index (χ1v) is 9.75. The van der Waals surface area contributed by atoms with Crippen LogP contribution in [-0.4, -0.2) is 51.8 Å². The Hall–Kier alpha value is -2.20. The molecule has 0 aromatic rings. The summed E-state index contributed by atoms with van der Waals surface area (Å²) in [5.41, 5.74) is 0. The molecular weight excluding hydrogens is 348 g/mol. The summed E-state index contributed by atoms with van der Waals surface area (Å²) in [7, 11) is -3.77. The molecule has 1 amide bonds. The molecule has 0 bridgehead atoms. The molecule has 0 aliphatic heterocycles. The van der Waals surface area contributed by atoms with E-state index in [-0.39, 0.29) is 18.0 Å². The maximum atomic E-state index is 11.3. The molecule has 25 heavy (non-hydrogen) atoms. The van der Waals surface area contributed by atoms with Gasteiger partial charge < -0.3 is 23.9 Å². The van der Waals surface area contributed by atoms with Gasteiger partial charge in [-0.05, 0) is 26.0 Å². The predicted octanol–water partition coefficient (Wildman–Crippen LogP) is 0.285. The Morgan fingerprint density at radius 2 is 1.52 bits per heavy atom. The van der Waals surface area contributed by atoms with Crippen LogP contribution in [0.15, 0.2) is 12.7 Å². The second-order valence-corrected chi connectivity index (χ2v) is 7.86. The normalized spacial score (nSPS) is 11.8. The molecule has 0 aliphatic carbocycles. The molecule has 142 valence electrons. The number of hydrogen-bond donors (Lipinski definition) is 2. The third-order valence-electron chi connectivity index (χ3n) is 2.76. The smallest absolute Gasteiger partial charge is 0.455 e. The van der Waals surface area contributed by atoms with Crippen LogP contribution in [0.5, 0.6) is 0 Å². The van der Waals surface area contributed by atoms with Gasteiger partial charge in [-0.3, -0.25) is 19.2 Å². The van der Waals surface area contributed by atoms with E-state index in [0.29, 0.717) is 19.5 Å². The zero-order valence-corrected chi connectivity index (χ0v) is 16.0. The fourth-order valence-electron chi connectivity index (χ4n) is 1.97. The molecule has 0 fully saturated rings. The van der Waals surface area contributed by atoms with Gasteiger partial charge in [0.1, 0.15) is 0 Å². The zero-order chi connectivity index (χ0) is 19.5. The van der Waals surface area contributed by atoms with Gasteiger partial charge in [0.2, 0.25) is 5.91 Å². The van der Waals surface area contributed by atoms with Crippen LogP contribution in [0.1, 0.15) is 34.1 Å². The molecular formula is C15H26N2O7Si. The average Bonchev–Trinajstić information content (AvgIpc) is 2.44. The Morgan fingerprint density at radius 1 is 1.04 bits per heavy atom. The summed E-state index contributed by atoms with van der Waals surface area (Å²) in [6.07, 6.45) is 1.62. The maximum Gasteiger partial charge on any atom is 0.705 e. The number of nitrogens with one attached hydrogen (secondary N) is 2. The zero-order valence-electron chi connectivity index (χ0n) is 15.0. The summed E-state index contributed by atoms with van der Waals surface area (Å²) in [4.78, 5) is 45.0. The molecule has 1 unspecified atom stereocenters. The van der Waals surface area contributed by atoms with Crippen molar-refractivity contribution >= 4 is 32.6 Å². The Kier molecular flexibility index (Phi) is 10.4. The topological polar surface area (TPSA) is 120 Å². The predicted molar refractivity (Wildman–Crippen MR) is 91.1 cm³/mol. The van der Waals surface area contributed by atoms with Crippen molar-refractivity contribution < 1.29 is 32.5 Å². The number of carbonyl (C=O) groups excluding carboxylic acids is 4. The van der Waals surface area contributed by atoms with E-state index in [0.717, 1.165) is 20.8 Å². The van der Waals surface area contributed by atoms with Crippen LogP contribution < -0.4 is 10.6 Å². The molecule has 0 aliphatic rings. The first-order valence-electron chi connectivity index (χ1n) is 7.82. The molecule has 0 saturated carbocycles. The Morgan fingerprint density at radius 3 is 1.92 bits per heavy atom. The van der Waals surface area contributed by atoms with Gasteiger partial charge in [0.05, 0.1) is 6.04 Å². The van der Waals surface area contributed by atoms with E-state index < -0.39 is 26.7 Å². The van der Waals surface area contributed by atoms with Crippen LogP contribution in [0.4, 0.5) is 0 Å². The SMILES string of the molecule is C=CC(=O)NC(C)CNCCC[Si](OC(C)=O)(OC(C)=O)OC(C)=O. The third-order valence-corrected chi connectivity index (χ3v) is 5.52. The van der Waals surface area contributed by atoms with Gasteiger partial charge in [-0.25, -0.2) is 0 Å². The summed E-state index contributed by atoms with van der Waals surface area (Å²) >= 11 is 0. The van der Waals surface area contributed by atoms with Crippen molar-refractivity contribution in [2.75, 3.05) is 13.1 Å². The van der Waals surface area contributed by atoms with Crippen molar-refractivity contribution in [1.29, 1.82) is 0 Å². The largest absolute Gasteiger partial charge is 0.705 e. The minimum absolute atomic E-state index is 0.103. The second kappa shape index (κ2) is 11.4. The number of rotatable bonds is 11. The van der Waals surface area contributed by atoms with E-state index in [1.165, 1.54) is 6.08 Å². The van der Waals surface area contributed by atoms with Crippen molar-refractivity contribution in [2.24, 2.45) is 0 Å². The Bertz CT molecular complexity index is 469. The molecule has 1 atom stereocenters. The lowest BCUT2D eigenvalue weighted by atomic mass is 10.3. The highest BCUT2D eigenvalue weighted by molar-refractivity contribution is 6.65. The van der Waals surface area contributed by atoms with E-state index in [2.05, 4.69) is 17.2 Å². The van der Waals surface area contributed by atoms with E-state index >= 15 is 0 Å². The van der Waals surface area contributed by atoms with Crippen LogP contribution in [-0.2, 0) is 32.5 Å². The molecule has 10 heteroatoms. The van der Waals surface area contributed by atoms with Gasteiger partial charge in [0, 0.05) is 33.4 Å². The van der Waals surface area contributed by atoms with Gasteiger partial charge >= 0.3 is 8.80 Å². The second-order valence-electron chi connectivity index (χ2n) is 5.39. The highest BCUT2D eigenvalue weighted by Gasteiger charge is 2.51. The van der Waals surface area contributed by atoms with Gasteiger partial charge in [-0.1, -0.05) is 6.58 Å². The first kappa shape index (κ1) is 22.8. The number of hydrogen-bond acceptors (Lipinski definition) is 8. The minimum atomic E-state index is -3.77. The van der Waals surface area contributed by atoms with Crippen LogP contribution in [0.2, 0.25) is 6.04 Å². The summed E-state index contributed by atoms with van der Waals surface area (Å²) in [5, 5.41) is 5.80. The van der Waals surface area contributed by atoms with E-state index in [1.807, 2.05) is 6.92 Å². The Labute approximate surface area is 148 Å². The lowest BCUT2D eigenvalue weighted by Crippen LogP contribution is -2.49. The van der Waals surface area contributed by atoms with Gasteiger partial charge in [-0.2, -0.15) is 0 Å². The standard InChI is InChI=1S/C15H26N2O7Si/c1-6-15(21)17-11(2)10-16-8-7-9-25(22-12(3)18,23-13(4)19)24-14(5)20/h6,11,16H,1,7-10H2,2-5H3,(H,17,21). The van der Waals surface area contributed by atoms with Crippen LogP contribution >= 0.6 is 0 Å². The molecule has 0 aromatic heterocycles. The van der Waals surface area contributed by atoms with Crippen LogP contribution in [0, 0.1) is 0 Å². The quantitative estimate of drug-likeness (QED) is 0.301. The summed E-state index contributed by atoms with van der Waals surface area (Å²) in [6.45, 7) is 9.62. The Balaban J connectivity index is 4.57. The fraction of sp³-hybridized carbons (Fsp3) is 0.600. The third kappa shape index (κ3) is 11.1. The summed E-state index contributed by atoms with van der Waals surface area (Å²) < 4.78 is 15.2. The molecule has 2 N–H and O–H groups in total. The van der Waals surface area contributed by atoms with Crippen LogP contribution in [0.25, 0.3) is 0 Å². The van der Waals surface area contributed by atoms with Crippen molar-refractivity contribution in [1.82, 2.24) is 10.6 Å². The van der Waals surface area contributed by atoms with Crippen molar-refractivity contribution in [3.63, 3.8) is 0 Å². The number of carbonyl (C=O) groups is 4. The van der Waals surface area contributed by atoms with Crippen LogP contribution in [0.3, 0.4) is 0 Å². The summed E-state index contributed by atoms with van der Waals surface area (Å²) in [5.74, 6) is -2.34. The highest BCUT2D eigenvalue weighted by atomic mass is 28.4. The number of amides is 1.